The highest BCUT2D eigenvalue weighted by Crippen LogP contribution is 2.30. The van der Waals surface area contributed by atoms with Crippen LogP contribution in [0.15, 0.2) is 29.4 Å². The summed E-state index contributed by atoms with van der Waals surface area (Å²) in [5.74, 6) is 0.486. The van der Waals surface area contributed by atoms with Gasteiger partial charge < -0.3 is 4.90 Å². The highest BCUT2D eigenvalue weighted by molar-refractivity contribution is 5.80. The van der Waals surface area contributed by atoms with E-state index in [4.69, 9.17) is 5.53 Å². The van der Waals surface area contributed by atoms with E-state index in [0.717, 1.165) is 18.5 Å². The Balaban J connectivity index is 2.11. The number of hydrogen-bond acceptors (Lipinski definition) is 2. The first-order valence-corrected chi connectivity index (χ1v) is 6.60. The van der Waals surface area contributed by atoms with Crippen LogP contribution < -0.4 is 0 Å². The van der Waals surface area contributed by atoms with Crippen molar-refractivity contribution in [2.75, 3.05) is 6.54 Å². The normalized spacial score (nSPS) is 20.2. The lowest BCUT2D eigenvalue weighted by Gasteiger charge is -2.23. The fourth-order valence-electron chi connectivity index (χ4n) is 2.47. The van der Waals surface area contributed by atoms with Gasteiger partial charge in [-0.15, -0.1) is 0 Å². The van der Waals surface area contributed by atoms with E-state index in [1.807, 2.05) is 17.0 Å². The van der Waals surface area contributed by atoms with Crippen LogP contribution in [0.2, 0.25) is 0 Å². The molecule has 1 aliphatic rings. The smallest absolute Gasteiger partial charge is 0.223 e. The maximum absolute atomic E-state index is 12.0. The van der Waals surface area contributed by atoms with Crippen LogP contribution in [0.1, 0.15) is 38.2 Å². The Morgan fingerprint density at radius 1 is 1.47 bits per heavy atom. The van der Waals surface area contributed by atoms with Gasteiger partial charge in [0.15, 0.2) is 0 Å². The van der Waals surface area contributed by atoms with Gasteiger partial charge in [0.2, 0.25) is 5.91 Å². The van der Waals surface area contributed by atoms with Crippen LogP contribution in [0.4, 0.5) is 5.69 Å². The first kappa shape index (κ1) is 13.4. The zero-order chi connectivity index (χ0) is 13.8. The van der Waals surface area contributed by atoms with Gasteiger partial charge in [0.05, 0.1) is 0 Å². The number of carbonyl (C=O) groups is 1. The van der Waals surface area contributed by atoms with Gasteiger partial charge in [0.1, 0.15) is 0 Å². The Hall–Kier alpha value is -2.00. The molecule has 1 heterocycles. The molecule has 1 aliphatic heterocycles. The highest BCUT2D eigenvalue weighted by atomic mass is 16.2. The number of nitrogens with zero attached hydrogens (tertiary/aromatic N) is 4. The number of amides is 1. The summed E-state index contributed by atoms with van der Waals surface area (Å²) in [5, 5.41) is 3.55. The number of rotatable bonds is 4. The Kier molecular flexibility index (Phi) is 4.07. The summed E-state index contributed by atoms with van der Waals surface area (Å²) >= 11 is 0. The lowest BCUT2D eigenvalue weighted by atomic mass is 9.98. The second-order valence-corrected chi connectivity index (χ2v) is 4.99. The number of benzene rings is 1. The predicted octanol–water partition coefficient (Wildman–Crippen LogP) is 3.74. The molecule has 1 amide bonds. The monoisotopic (exact) mass is 258 g/mol. The Morgan fingerprint density at radius 3 is 2.74 bits per heavy atom. The molecule has 1 fully saturated rings. The van der Waals surface area contributed by atoms with Gasteiger partial charge in [-0.05, 0) is 24.4 Å². The molecule has 1 unspecified atom stereocenters. The summed E-state index contributed by atoms with van der Waals surface area (Å²) in [6.45, 7) is 4.97. The van der Waals surface area contributed by atoms with E-state index in [9.17, 15) is 4.79 Å². The van der Waals surface area contributed by atoms with Crippen molar-refractivity contribution in [3.63, 3.8) is 0 Å². The van der Waals surface area contributed by atoms with E-state index >= 15 is 0 Å². The van der Waals surface area contributed by atoms with E-state index in [2.05, 4.69) is 23.9 Å². The molecule has 1 aromatic rings. The van der Waals surface area contributed by atoms with Crippen molar-refractivity contribution >= 4 is 11.6 Å². The number of hydrogen-bond donors (Lipinski definition) is 0. The van der Waals surface area contributed by atoms with Crippen LogP contribution in [0, 0.1) is 0 Å². The molecule has 0 radical (unpaired) electrons. The Morgan fingerprint density at radius 2 is 2.16 bits per heavy atom. The molecule has 0 spiro atoms. The van der Waals surface area contributed by atoms with Crippen molar-refractivity contribution in [3.05, 3.63) is 40.3 Å². The molecular formula is C14H18N4O. The molecule has 0 saturated carbocycles. The number of carbonyl (C=O) groups excluding carboxylic acids is 1. The van der Waals surface area contributed by atoms with Crippen molar-refractivity contribution in [2.24, 2.45) is 5.11 Å². The maximum Gasteiger partial charge on any atom is 0.223 e. The van der Waals surface area contributed by atoms with Crippen molar-refractivity contribution in [3.8, 4) is 0 Å². The van der Waals surface area contributed by atoms with Crippen LogP contribution >= 0.6 is 0 Å². The second-order valence-electron chi connectivity index (χ2n) is 4.99. The van der Waals surface area contributed by atoms with Crippen LogP contribution in [0.25, 0.3) is 10.4 Å². The molecule has 100 valence electrons. The topological polar surface area (TPSA) is 69.1 Å². The third kappa shape index (κ3) is 2.88. The van der Waals surface area contributed by atoms with Gasteiger partial charge in [-0.25, -0.2) is 0 Å². The first-order chi connectivity index (χ1) is 9.15. The van der Waals surface area contributed by atoms with E-state index in [1.165, 1.54) is 0 Å². The summed E-state index contributed by atoms with van der Waals surface area (Å²) in [6.07, 6.45) is 1.56. The molecule has 2 atom stereocenters. The third-order valence-corrected chi connectivity index (χ3v) is 3.81. The summed E-state index contributed by atoms with van der Waals surface area (Å²) in [5.41, 5.74) is 10.1. The van der Waals surface area contributed by atoms with Crippen LogP contribution in [0.5, 0.6) is 0 Å². The van der Waals surface area contributed by atoms with E-state index in [0.29, 0.717) is 18.2 Å². The van der Waals surface area contributed by atoms with Gasteiger partial charge in [-0.2, -0.15) is 0 Å². The zero-order valence-corrected chi connectivity index (χ0v) is 11.3. The third-order valence-electron chi connectivity index (χ3n) is 3.81. The standard InChI is InChI=1S/C14H18N4O/c1-3-10(2)18-9-12(8-14(18)19)11-4-6-13(7-5-11)16-17-15/h4-7,10,12H,3,8-9H2,1-2H3/t10-,12?/m0/s1. The molecule has 5 heteroatoms. The SMILES string of the molecule is CC[C@H](C)N1CC(c2ccc(N=[N+]=[N-])cc2)CC1=O. The number of likely N-dealkylation sites (tertiary alicyclic amines) is 1. The molecule has 0 bridgehead atoms. The Bertz CT molecular complexity index is 505. The fraction of sp³-hybridized carbons (Fsp3) is 0.500. The van der Waals surface area contributed by atoms with Gasteiger partial charge in [0, 0.05) is 35.5 Å². The Labute approximate surface area is 112 Å². The molecule has 0 N–H and O–H groups in total. The zero-order valence-electron chi connectivity index (χ0n) is 11.3. The summed E-state index contributed by atoms with van der Waals surface area (Å²) in [4.78, 5) is 16.7. The van der Waals surface area contributed by atoms with Crippen LogP contribution in [-0.4, -0.2) is 23.4 Å². The lowest BCUT2D eigenvalue weighted by Crippen LogP contribution is -2.33. The minimum atomic E-state index is 0.235. The van der Waals surface area contributed by atoms with Crippen molar-refractivity contribution in [2.45, 2.75) is 38.6 Å². The molecule has 1 saturated heterocycles. The summed E-state index contributed by atoms with van der Waals surface area (Å²) in [7, 11) is 0. The fourth-order valence-corrected chi connectivity index (χ4v) is 2.47. The van der Waals surface area contributed by atoms with E-state index in [1.54, 1.807) is 12.1 Å². The van der Waals surface area contributed by atoms with Gasteiger partial charge in [0.25, 0.3) is 0 Å². The minimum absolute atomic E-state index is 0.235. The van der Waals surface area contributed by atoms with Crippen molar-refractivity contribution in [1.29, 1.82) is 0 Å². The molecule has 1 aromatic carbocycles. The van der Waals surface area contributed by atoms with E-state index < -0.39 is 0 Å². The lowest BCUT2D eigenvalue weighted by molar-refractivity contribution is -0.129. The summed E-state index contributed by atoms with van der Waals surface area (Å²) in [6, 6.07) is 7.79. The molecule has 19 heavy (non-hydrogen) atoms. The number of azide groups is 1. The van der Waals surface area contributed by atoms with Crippen molar-refractivity contribution < 1.29 is 4.79 Å². The molecular weight excluding hydrogens is 240 g/mol. The predicted molar refractivity (Wildman–Crippen MR) is 74.1 cm³/mol. The summed E-state index contributed by atoms with van der Waals surface area (Å²) < 4.78 is 0. The molecule has 0 aromatic heterocycles. The van der Waals surface area contributed by atoms with Gasteiger partial charge in [-0.3, -0.25) is 4.79 Å². The first-order valence-electron chi connectivity index (χ1n) is 6.60. The van der Waals surface area contributed by atoms with Gasteiger partial charge in [-0.1, -0.05) is 36.3 Å². The molecule has 5 nitrogen and oxygen atoms in total. The van der Waals surface area contributed by atoms with Crippen LogP contribution in [-0.2, 0) is 4.79 Å². The quantitative estimate of drug-likeness (QED) is 0.460. The second kappa shape index (κ2) is 5.76. The minimum Gasteiger partial charge on any atom is -0.339 e. The van der Waals surface area contributed by atoms with E-state index in [-0.39, 0.29) is 11.8 Å². The molecule has 2 rings (SSSR count). The average Bonchev–Trinajstić information content (AvgIpc) is 2.81. The van der Waals surface area contributed by atoms with Gasteiger partial charge >= 0.3 is 0 Å². The van der Waals surface area contributed by atoms with Crippen LogP contribution in [0.3, 0.4) is 0 Å². The maximum atomic E-state index is 12.0. The average molecular weight is 258 g/mol. The largest absolute Gasteiger partial charge is 0.339 e. The molecule has 0 aliphatic carbocycles. The van der Waals surface area contributed by atoms with Crippen molar-refractivity contribution in [1.82, 2.24) is 4.90 Å². The highest BCUT2D eigenvalue weighted by Gasteiger charge is 2.32.